The number of carbonyl (C=O) groups is 2. The molecule has 5 atom stereocenters. The Morgan fingerprint density at radius 3 is 1.68 bits per heavy atom. The van der Waals surface area contributed by atoms with Crippen molar-refractivity contribution < 1.29 is 59.1 Å². The van der Waals surface area contributed by atoms with Crippen molar-refractivity contribution >= 4 is 20.4 Å². The molecule has 0 saturated carbocycles. The van der Waals surface area contributed by atoms with Gasteiger partial charge in [0.1, 0.15) is 30.5 Å². The van der Waals surface area contributed by atoms with E-state index in [1.54, 1.807) is 0 Å². The SMILES string of the molecule is O=CC(O)CO.O=C[C@H](O)[C@@H](OP(=O)(O)O)[C@H](O)[C@H](O)CO. The fraction of sp³-hybridized carbons (Fsp3) is 0.778. The van der Waals surface area contributed by atoms with E-state index in [1.807, 2.05) is 0 Å². The number of carbonyl (C=O) groups excluding carboxylic acids is 2. The molecule has 0 fully saturated rings. The number of aliphatic hydroxyl groups is 6. The Balaban J connectivity index is 0. The van der Waals surface area contributed by atoms with Gasteiger partial charge in [-0.15, -0.1) is 0 Å². The Morgan fingerprint density at radius 1 is 0.955 bits per heavy atom. The minimum atomic E-state index is -5.06. The molecule has 132 valence electrons. The van der Waals surface area contributed by atoms with Crippen molar-refractivity contribution in [1.29, 1.82) is 0 Å². The largest absolute Gasteiger partial charge is 0.470 e. The van der Waals surface area contributed by atoms with Crippen LogP contribution in [-0.2, 0) is 18.7 Å². The second-order valence-corrected chi connectivity index (χ2v) is 5.01. The van der Waals surface area contributed by atoms with E-state index in [0.717, 1.165) is 0 Å². The molecule has 0 saturated heterocycles. The molecule has 0 aromatic rings. The highest BCUT2D eigenvalue weighted by Gasteiger charge is 2.37. The summed E-state index contributed by atoms with van der Waals surface area (Å²) in [5, 5.41) is 51.6. The van der Waals surface area contributed by atoms with Crippen LogP contribution >= 0.6 is 7.82 Å². The van der Waals surface area contributed by atoms with Crippen molar-refractivity contribution in [3.05, 3.63) is 0 Å². The average molecular weight is 350 g/mol. The van der Waals surface area contributed by atoms with Gasteiger partial charge >= 0.3 is 7.82 Å². The minimum Gasteiger partial charge on any atom is -0.394 e. The smallest absolute Gasteiger partial charge is 0.394 e. The van der Waals surface area contributed by atoms with Gasteiger partial charge in [-0.05, 0) is 0 Å². The molecule has 13 heteroatoms. The fourth-order valence-electron chi connectivity index (χ4n) is 0.933. The first-order valence-electron chi connectivity index (χ1n) is 5.62. The molecule has 0 aromatic carbocycles. The van der Waals surface area contributed by atoms with Crippen LogP contribution in [0.25, 0.3) is 0 Å². The van der Waals surface area contributed by atoms with Crippen LogP contribution in [0, 0.1) is 0 Å². The maximum atomic E-state index is 10.5. The highest BCUT2D eigenvalue weighted by molar-refractivity contribution is 7.46. The van der Waals surface area contributed by atoms with E-state index in [9.17, 15) is 19.3 Å². The van der Waals surface area contributed by atoms with Gasteiger partial charge in [0.2, 0.25) is 0 Å². The molecule has 0 rings (SSSR count). The van der Waals surface area contributed by atoms with Gasteiger partial charge in [0, 0.05) is 0 Å². The summed E-state index contributed by atoms with van der Waals surface area (Å²) >= 11 is 0. The average Bonchev–Trinajstić information content (AvgIpc) is 2.49. The van der Waals surface area contributed by atoms with Crippen molar-refractivity contribution in [3.63, 3.8) is 0 Å². The molecule has 22 heavy (non-hydrogen) atoms. The number of phosphoric acid groups is 1. The van der Waals surface area contributed by atoms with Crippen molar-refractivity contribution in [3.8, 4) is 0 Å². The van der Waals surface area contributed by atoms with Crippen LogP contribution in [-0.4, -0.2) is 96.7 Å². The van der Waals surface area contributed by atoms with Gasteiger partial charge in [-0.1, -0.05) is 0 Å². The Bertz CT molecular complexity index is 357. The van der Waals surface area contributed by atoms with Gasteiger partial charge in [0.05, 0.1) is 13.2 Å². The molecule has 0 aromatic heterocycles. The normalized spacial score (nSPS) is 18.2. The monoisotopic (exact) mass is 350 g/mol. The van der Waals surface area contributed by atoms with E-state index >= 15 is 0 Å². The summed E-state index contributed by atoms with van der Waals surface area (Å²) in [5.74, 6) is 0. The molecule has 1 unspecified atom stereocenters. The van der Waals surface area contributed by atoms with Crippen molar-refractivity contribution in [2.75, 3.05) is 13.2 Å². The molecule has 8 N–H and O–H groups in total. The van der Waals surface area contributed by atoms with Gasteiger partial charge < -0.3 is 50.0 Å². The first-order chi connectivity index (χ1) is 10.0. The minimum absolute atomic E-state index is 0.131. The second-order valence-electron chi connectivity index (χ2n) is 3.81. The summed E-state index contributed by atoms with van der Waals surface area (Å²) in [6.07, 6.45) is -8.98. The van der Waals surface area contributed by atoms with Crippen LogP contribution in [0.2, 0.25) is 0 Å². The maximum Gasteiger partial charge on any atom is 0.470 e. The predicted molar refractivity (Wildman–Crippen MR) is 67.2 cm³/mol. The Morgan fingerprint density at radius 2 is 1.45 bits per heavy atom. The number of hydrogen-bond donors (Lipinski definition) is 8. The predicted octanol–water partition coefficient (Wildman–Crippen LogP) is -4.72. The lowest BCUT2D eigenvalue weighted by Crippen LogP contribution is -2.47. The van der Waals surface area contributed by atoms with Crippen LogP contribution in [0.4, 0.5) is 0 Å². The van der Waals surface area contributed by atoms with Crippen LogP contribution in [0.5, 0.6) is 0 Å². The summed E-state index contributed by atoms with van der Waals surface area (Å²) in [4.78, 5) is 36.4. The molecule has 0 bridgehead atoms. The highest BCUT2D eigenvalue weighted by Crippen LogP contribution is 2.39. The van der Waals surface area contributed by atoms with Crippen LogP contribution < -0.4 is 0 Å². The maximum absolute atomic E-state index is 10.5. The van der Waals surface area contributed by atoms with Crippen molar-refractivity contribution in [2.24, 2.45) is 0 Å². The van der Waals surface area contributed by atoms with Gasteiger partial charge in [-0.3, -0.25) is 4.52 Å². The van der Waals surface area contributed by atoms with Crippen molar-refractivity contribution in [1.82, 2.24) is 0 Å². The molecule has 0 heterocycles. The highest BCUT2D eigenvalue weighted by atomic mass is 31.2. The summed E-state index contributed by atoms with van der Waals surface area (Å²) in [7, 11) is -5.06. The molecule has 0 aliphatic rings. The quantitative estimate of drug-likeness (QED) is 0.145. The number of hydrogen-bond acceptors (Lipinski definition) is 10. The van der Waals surface area contributed by atoms with Gasteiger partial charge in [-0.2, -0.15) is 0 Å². The van der Waals surface area contributed by atoms with E-state index in [2.05, 4.69) is 4.52 Å². The Labute approximate surface area is 124 Å². The molecule has 12 nitrogen and oxygen atoms in total. The zero-order valence-corrected chi connectivity index (χ0v) is 12.0. The Kier molecular flexibility index (Phi) is 12.5. The summed E-state index contributed by atoms with van der Waals surface area (Å²) < 4.78 is 14.4. The number of aliphatic hydroxyl groups excluding tert-OH is 6. The number of rotatable bonds is 9. The van der Waals surface area contributed by atoms with Gasteiger partial charge in [-0.25, -0.2) is 4.57 Å². The third-order valence-electron chi connectivity index (χ3n) is 2.00. The van der Waals surface area contributed by atoms with Crippen molar-refractivity contribution in [2.45, 2.75) is 30.5 Å². The summed E-state index contributed by atoms with van der Waals surface area (Å²) in [5.41, 5.74) is 0. The molecule has 0 amide bonds. The third-order valence-corrected chi connectivity index (χ3v) is 2.52. The van der Waals surface area contributed by atoms with Gasteiger partial charge in [0.15, 0.2) is 12.6 Å². The lowest BCUT2D eigenvalue weighted by atomic mass is 10.0. The second kappa shape index (κ2) is 11.7. The Hall–Kier alpha value is -0.790. The number of phosphoric ester groups is 1. The fourth-order valence-corrected chi connectivity index (χ4v) is 1.50. The molecule has 0 aliphatic heterocycles. The van der Waals surface area contributed by atoms with Crippen LogP contribution in [0.3, 0.4) is 0 Å². The third kappa shape index (κ3) is 10.9. The molecule has 0 spiro atoms. The molecular formula is C9H19O12P. The standard InChI is InChI=1S/C6H13O9P.C3H6O3/c7-1-3(9)5(11)6(4(10)2-8)15-16(12,13)14;4-1-3(6)2-5/h2-7,9-11H,1H2,(H2,12,13,14);1,3,5-6H,2H2/t3-,4+,5-,6-;/m1./s1. The van der Waals surface area contributed by atoms with Crippen LogP contribution in [0.15, 0.2) is 0 Å². The van der Waals surface area contributed by atoms with E-state index in [0.29, 0.717) is 0 Å². The summed E-state index contributed by atoms with van der Waals surface area (Å²) in [6, 6.07) is 0. The van der Waals surface area contributed by atoms with E-state index < -0.39 is 51.6 Å². The first-order valence-corrected chi connectivity index (χ1v) is 7.15. The summed E-state index contributed by atoms with van der Waals surface area (Å²) in [6.45, 7) is -1.42. The van der Waals surface area contributed by atoms with E-state index in [1.165, 1.54) is 0 Å². The van der Waals surface area contributed by atoms with Gasteiger partial charge in [0.25, 0.3) is 0 Å². The zero-order valence-electron chi connectivity index (χ0n) is 11.1. The zero-order chi connectivity index (χ0) is 17.9. The molecular weight excluding hydrogens is 331 g/mol. The lowest BCUT2D eigenvalue weighted by molar-refractivity contribution is -0.134. The van der Waals surface area contributed by atoms with Crippen LogP contribution in [0.1, 0.15) is 0 Å². The topological polar surface area (TPSA) is 222 Å². The molecule has 0 radical (unpaired) electrons. The van der Waals surface area contributed by atoms with E-state index in [-0.39, 0.29) is 12.6 Å². The lowest BCUT2D eigenvalue weighted by Gasteiger charge is -2.27. The molecule has 0 aliphatic carbocycles. The first kappa shape index (κ1) is 23.5. The van der Waals surface area contributed by atoms with E-state index in [4.69, 9.17) is 35.3 Å². The number of aldehydes is 2.